The molecule has 4 aliphatic heterocycles. The molecular weight excluding hydrogens is 1740 g/mol. The predicted molar refractivity (Wildman–Crippen MR) is 539 cm³/mol. The summed E-state index contributed by atoms with van der Waals surface area (Å²) in [5.41, 5.74) is 29.3. The molecule has 0 bridgehead atoms. The van der Waals surface area contributed by atoms with Crippen LogP contribution in [0.25, 0.3) is 44.5 Å². The molecule has 4 saturated heterocycles. The maximum atomic E-state index is 14.6. The highest BCUT2D eigenvalue weighted by Crippen LogP contribution is 2.45. The first-order valence-corrected chi connectivity index (χ1v) is 47.9. The van der Waals surface area contributed by atoms with Crippen LogP contribution in [-0.2, 0) is 58.3 Å². The molecule has 722 valence electrons. The Hall–Kier alpha value is -13.0. The number of hydrogen-bond donors (Lipinski definition) is 3. The summed E-state index contributed by atoms with van der Waals surface area (Å²) < 4.78 is 81.5. The Morgan fingerprint density at radius 1 is 0.341 bits per heavy atom. The first kappa shape index (κ1) is 102. The largest absolute Gasteiger partial charge is 0.439 e. The van der Waals surface area contributed by atoms with E-state index >= 15 is 0 Å². The van der Waals surface area contributed by atoms with Crippen molar-refractivity contribution in [2.24, 2.45) is 0 Å². The minimum Gasteiger partial charge on any atom is -0.439 e. The molecule has 0 radical (unpaired) electrons. The number of benzene rings is 12. The van der Waals surface area contributed by atoms with Gasteiger partial charge in [0.05, 0.1) is 63.1 Å². The second-order valence-corrected chi connectivity index (χ2v) is 39.0. The van der Waals surface area contributed by atoms with E-state index in [2.05, 4.69) is 66.0 Å². The number of halogens is 4. The van der Waals surface area contributed by atoms with Crippen LogP contribution in [-0.4, -0.2) is 91.7 Å². The summed E-state index contributed by atoms with van der Waals surface area (Å²) in [6.45, 7) is 43.7. The summed E-state index contributed by atoms with van der Waals surface area (Å²) in [5.74, 6) is -0.464. The smallest absolute Gasteiger partial charge is 0.411 e. The Kier molecular flexibility index (Phi) is 32.8. The highest BCUT2D eigenvalue weighted by Gasteiger charge is 2.45. The molecular formula is C118H131F4N5O11. The van der Waals surface area contributed by atoms with Gasteiger partial charge in [-0.1, -0.05) is 229 Å². The minimum atomic E-state index is -0.594. The zero-order chi connectivity index (χ0) is 99.9. The van der Waals surface area contributed by atoms with Crippen LogP contribution >= 0.6 is 0 Å². The Morgan fingerprint density at radius 3 is 0.884 bits per heavy atom. The molecule has 0 spiro atoms. The number of aliphatic hydroxyl groups excluding tert-OH is 2. The summed E-state index contributed by atoms with van der Waals surface area (Å²) >= 11 is 0. The topological polar surface area (TPSA) is 188 Å². The number of aliphatic hydroxyl groups is 2. The van der Waals surface area contributed by atoms with E-state index in [1.807, 2.05) is 261 Å². The van der Waals surface area contributed by atoms with Crippen molar-refractivity contribution in [1.82, 2.24) is 24.9 Å². The third-order valence-corrected chi connectivity index (χ3v) is 27.2. The van der Waals surface area contributed by atoms with Crippen LogP contribution < -0.4 is 5.32 Å². The van der Waals surface area contributed by atoms with Crippen LogP contribution in [0.4, 0.5) is 36.7 Å². The number of ether oxygens (including phenoxy) is 4. The molecule has 16 nitrogen and oxygen atoms in total. The zero-order valence-corrected chi connectivity index (χ0v) is 83.5. The number of aryl methyl sites for hydroxylation is 8. The van der Waals surface area contributed by atoms with Crippen molar-refractivity contribution < 1.29 is 70.7 Å². The highest BCUT2D eigenvalue weighted by molar-refractivity contribution is 5.80. The van der Waals surface area contributed by atoms with E-state index in [-0.39, 0.29) is 108 Å². The van der Waals surface area contributed by atoms with Crippen LogP contribution in [0, 0.1) is 78.7 Å². The molecule has 0 aromatic heterocycles. The van der Waals surface area contributed by atoms with Gasteiger partial charge in [-0.25, -0.2) is 36.7 Å². The lowest BCUT2D eigenvalue weighted by atomic mass is 9.90. The molecule has 4 aliphatic rings. The highest BCUT2D eigenvalue weighted by atomic mass is 19.1. The van der Waals surface area contributed by atoms with E-state index in [0.29, 0.717) is 54.0 Å². The molecule has 0 saturated carbocycles. The fourth-order valence-corrected chi connectivity index (χ4v) is 19.3. The fourth-order valence-electron chi connectivity index (χ4n) is 19.3. The zero-order valence-electron chi connectivity index (χ0n) is 83.5. The van der Waals surface area contributed by atoms with Crippen molar-refractivity contribution in [3.05, 3.63) is 375 Å². The average Bonchev–Trinajstić information content (AvgIpc) is 1.45. The Morgan fingerprint density at radius 2 is 0.609 bits per heavy atom. The molecule has 4 heterocycles. The van der Waals surface area contributed by atoms with Crippen molar-refractivity contribution >= 4 is 30.7 Å². The Labute approximate surface area is 811 Å². The van der Waals surface area contributed by atoms with Gasteiger partial charge in [0.2, 0.25) is 0 Å². The molecule has 9 atom stereocenters. The van der Waals surface area contributed by atoms with Gasteiger partial charge in [0, 0.05) is 12.1 Å². The van der Waals surface area contributed by atoms with E-state index in [4.69, 9.17) is 18.9 Å². The Bertz CT molecular complexity index is 6500. The third kappa shape index (κ3) is 23.0. The van der Waals surface area contributed by atoms with Crippen LogP contribution in [0.5, 0.6) is 0 Å². The van der Waals surface area contributed by atoms with Crippen molar-refractivity contribution in [2.45, 2.75) is 263 Å². The van der Waals surface area contributed by atoms with Crippen LogP contribution in [0.15, 0.2) is 218 Å². The molecule has 16 rings (SSSR count). The van der Waals surface area contributed by atoms with Crippen molar-refractivity contribution in [1.29, 1.82) is 0 Å². The van der Waals surface area contributed by atoms with E-state index in [0.717, 1.165) is 163 Å². The first-order chi connectivity index (χ1) is 65.6. The van der Waals surface area contributed by atoms with Gasteiger partial charge in [-0.15, -0.1) is 0 Å². The molecule has 3 N–H and O–H groups in total. The molecule has 1 unspecified atom stereocenters. The standard InChI is InChI=1S/C30H35FN2O2.C30H34FNO3.C29H32FNO3.C29H30FNO3/c1-18(2)26-15-27(20(4)13-28(26)31)25-11-10-19(3)12-24(25)17-33-21(5)29(35-30(33)34)23-9-7-8-22(14-23)16-32-6;1-17(2)26-15-27(19(4)13-28(26)31)25-11-10-18(3)12-24(25)16-32-20(5)29(35-30(32)34)23-9-7-8-22(14-23)21(6)33;2*1-17(2)25-14-26(19(4)12-27(25)30)24-10-9-18(3)11-23(24)15-31-20(5)28(34-29(31)33)22-8-6-7-21(13-22)16-32/h7-15,18,21,29,32H,16-17H2,1-6H3;7-15,17,20-21,29,33H,16H2,1-6H3;6-14,17,20,28,32H,15-16H2,1-5H3;6-14,16-17,20,28H,15H2,1-5H3/t21-,29-;20-,21?,29-;2*20-,28-/m0000/s1. The van der Waals surface area contributed by atoms with Crippen molar-refractivity contribution in [3.8, 4) is 44.5 Å². The maximum Gasteiger partial charge on any atom is 0.411 e. The number of amides is 4. The minimum absolute atomic E-state index is 0.0599. The first-order valence-electron chi connectivity index (χ1n) is 47.9. The molecule has 138 heavy (non-hydrogen) atoms. The summed E-state index contributed by atoms with van der Waals surface area (Å²) in [5, 5.41) is 22.6. The summed E-state index contributed by atoms with van der Waals surface area (Å²) in [6, 6.07) is 68.7. The molecule has 12 aromatic carbocycles. The van der Waals surface area contributed by atoms with Crippen molar-refractivity contribution in [2.75, 3.05) is 7.05 Å². The average molecular weight is 1870 g/mol. The normalized spacial score (nSPS) is 18.1. The number of rotatable bonds is 25. The summed E-state index contributed by atoms with van der Waals surface area (Å²) in [6.07, 6.45) is -2.85. The second kappa shape index (κ2) is 44.2. The molecule has 12 aromatic rings. The molecule has 20 heteroatoms. The number of nitrogens with zero attached hydrogens (tertiary/aromatic N) is 4. The third-order valence-electron chi connectivity index (χ3n) is 27.2. The maximum absolute atomic E-state index is 14.6. The second-order valence-electron chi connectivity index (χ2n) is 39.0. The van der Waals surface area contributed by atoms with Crippen LogP contribution in [0.2, 0.25) is 0 Å². The van der Waals surface area contributed by atoms with Gasteiger partial charge in [0.25, 0.3) is 0 Å². The SMILES string of the molecule is CNCc1cccc([C@H]2OC(=O)N(Cc3cc(C)ccc3-c3cc(C(C)C)c(F)cc3C)[C@H]2C)c1.Cc1ccc(-c2cc(C(C)C)c(F)cc2C)c(CN2C(=O)O[C@H](c3cccc(C(C)O)c3)[C@@H]2C)c1.Cc1ccc(-c2cc(C(C)C)c(F)cc2C)c(CN2C(=O)O[C@H](c3cccc(C=O)c3)[C@@H]2C)c1.Cc1ccc(-c2cc(C(C)C)c(F)cc2C)c(CN2C(=O)O[C@H](c3cccc(CO)c3)[C@@H]2C)c1. The van der Waals surface area contributed by atoms with E-state index in [1.54, 1.807) is 69.0 Å². The van der Waals surface area contributed by atoms with Gasteiger partial charge in [-0.2, -0.15) is 0 Å². The number of nitrogens with one attached hydrogen (secondary N) is 1. The number of aldehydes is 1. The quantitative estimate of drug-likeness (QED) is 0.0280. The Balaban J connectivity index is 0.000000155. The van der Waals surface area contributed by atoms with Gasteiger partial charge >= 0.3 is 24.4 Å². The lowest BCUT2D eigenvalue weighted by Gasteiger charge is -2.24. The lowest BCUT2D eigenvalue weighted by molar-refractivity contribution is 0.112. The number of cyclic esters (lactones) is 4. The molecule has 0 aliphatic carbocycles. The van der Waals surface area contributed by atoms with Gasteiger partial charge < -0.3 is 34.5 Å². The van der Waals surface area contributed by atoms with Crippen LogP contribution in [0.3, 0.4) is 0 Å². The summed E-state index contributed by atoms with van der Waals surface area (Å²) in [4.78, 5) is 70.0. The van der Waals surface area contributed by atoms with Gasteiger partial charge in [-0.3, -0.25) is 24.4 Å². The van der Waals surface area contributed by atoms with E-state index in [9.17, 15) is 51.7 Å². The molecule has 4 amide bonds. The van der Waals surface area contributed by atoms with E-state index < -0.39 is 24.4 Å². The van der Waals surface area contributed by atoms with Gasteiger partial charge in [0.15, 0.2) is 0 Å². The van der Waals surface area contributed by atoms with Crippen LogP contribution in [0.1, 0.15) is 283 Å². The number of carbonyl (C=O) groups is 5. The lowest BCUT2D eigenvalue weighted by Crippen LogP contribution is -2.31. The predicted octanol–water partition coefficient (Wildman–Crippen LogP) is 28.3. The van der Waals surface area contributed by atoms with Gasteiger partial charge in [-0.05, 0) is 338 Å². The van der Waals surface area contributed by atoms with E-state index in [1.165, 1.54) is 0 Å². The summed E-state index contributed by atoms with van der Waals surface area (Å²) in [7, 11) is 1.92. The monoisotopic (exact) mass is 1870 g/mol. The molecule has 4 fully saturated rings. The number of carbonyl (C=O) groups excluding carboxylic acids is 5. The van der Waals surface area contributed by atoms with Gasteiger partial charge in [0.1, 0.15) is 54.0 Å². The number of hydrogen-bond acceptors (Lipinski definition) is 12. The fraction of sp³-hybridized carbons (Fsp3) is 0.347. The van der Waals surface area contributed by atoms with Crippen molar-refractivity contribution in [3.63, 3.8) is 0 Å².